The first kappa shape index (κ1) is 19.3. The number of hydrogen-bond donors (Lipinski definition) is 1. The summed E-state index contributed by atoms with van der Waals surface area (Å²) in [4.78, 5) is 35.5. The number of methoxy groups -OCH3 is 2. The van der Waals surface area contributed by atoms with Gasteiger partial charge in [-0.2, -0.15) is 0 Å². The summed E-state index contributed by atoms with van der Waals surface area (Å²) in [5.74, 6) is -1.13. The Hall–Kier alpha value is -3.06. The summed E-state index contributed by atoms with van der Waals surface area (Å²) in [6, 6.07) is 9.41. The molecule has 0 fully saturated rings. The van der Waals surface area contributed by atoms with E-state index in [-0.39, 0.29) is 22.6 Å². The second-order valence-electron chi connectivity index (χ2n) is 5.02. The van der Waals surface area contributed by atoms with Gasteiger partial charge in [-0.25, -0.2) is 4.79 Å². The molecule has 0 aliphatic carbocycles. The molecule has 0 heterocycles. The molecular formula is C18H16ClNO6. The fourth-order valence-electron chi connectivity index (χ4n) is 2.22. The van der Waals surface area contributed by atoms with Crippen LogP contribution in [0.2, 0.25) is 5.02 Å². The van der Waals surface area contributed by atoms with Gasteiger partial charge in [-0.1, -0.05) is 17.7 Å². The number of benzene rings is 2. The Kier molecular flexibility index (Phi) is 6.57. The van der Waals surface area contributed by atoms with Gasteiger partial charge in [0, 0.05) is 16.3 Å². The molecule has 0 aliphatic rings. The van der Waals surface area contributed by atoms with Crippen molar-refractivity contribution in [1.82, 2.24) is 0 Å². The van der Waals surface area contributed by atoms with E-state index < -0.39 is 18.5 Å². The van der Waals surface area contributed by atoms with Crippen LogP contribution in [0.4, 0.5) is 5.69 Å². The normalized spacial score (nSPS) is 9.96. The Morgan fingerprint density at radius 1 is 1.15 bits per heavy atom. The Balaban J connectivity index is 2.12. The van der Waals surface area contributed by atoms with Crippen LogP contribution in [-0.4, -0.2) is 39.0 Å². The molecule has 2 aromatic rings. The van der Waals surface area contributed by atoms with Crippen molar-refractivity contribution in [3.8, 4) is 11.5 Å². The van der Waals surface area contributed by atoms with E-state index in [0.29, 0.717) is 17.0 Å². The van der Waals surface area contributed by atoms with Crippen molar-refractivity contribution >= 4 is 35.5 Å². The summed E-state index contributed by atoms with van der Waals surface area (Å²) in [6.07, 6.45) is 0.491. The first-order valence-electron chi connectivity index (χ1n) is 7.42. The number of nitrogens with one attached hydrogen (secondary N) is 1. The third kappa shape index (κ3) is 4.52. The molecule has 7 nitrogen and oxygen atoms in total. The first-order valence-corrected chi connectivity index (χ1v) is 7.80. The van der Waals surface area contributed by atoms with Gasteiger partial charge in [0.15, 0.2) is 24.4 Å². The molecule has 26 heavy (non-hydrogen) atoms. The van der Waals surface area contributed by atoms with E-state index in [2.05, 4.69) is 5.32 Å². The van der Waals surface area contributed by atoms with E-state index in [9.17, 15) is 14.4 Å². The second-order valence-corrected chi connectivity index (χ2v) is 5.45. The molecule has 0 aromatic heterocycles. The molecule has 0 unspecified atom stereocenters. The molecule has 0 radical (unpaired) electrons. The average molecular weight is 378 g/mol. The molecule has 1 N–H and O–H groups in total. The predicted molar refractivity (Wildman–Crippen MR) is 95.3 cm³/mol. The number of rotatable bonds is 7. The first-order chi connectivity index (χ1) is 12.5. The van der Waals surface area contributed by atoms with Crippen molar-refractivity contribution in [3.63, 3.8) is 0 Å². The minimum absolute atomic E-state index is 0.0531. The largest absolute Gasteiger partial charge is 0.493 e. The quantitative estimate of drug-likeness (QED) is 0.589. The number of amides is 1. The van der Waals surface area contributed by atoms with E-state index in [1.807, 2.05) is 0 Å². The zero-order valence-electron chi connectivity index (χ0n) is 14.1. The molecule has 0 saturated heterocycles. The van der Waals surface area contributed by atoms with Gasteiger partial charge in [-0.3, -0.25) is 9.59 Å². The van der Waals surface area contributed by atoms with Crippen LogP contribution >= 0.6 is 11.6 Å². The molecule has 0 bridgehead atoms. The minimum atomic E-state index is -0.885. The maximum atomic E-state index is 12.4. The van der Waals surface area contributed by atoms with E-state index in [4.69, 9.17) is 25.8 Å². The standard InChI is InChI=1S/C18H16ClNO6/c1-24-14-7-6-11(9-21)16(17(14)25-2)18(23)26-10-15(22)20-13-5-3-4-12(19)8-13/h3-9H,10H2,1-2H3,(H,20,22). The lowest BCUT2D eigenvalue weighted by atomic mass is 10.1. The van der Waals surface area contributed by atoms with Crippen molar-refractivity contribution in [2.24, 2.45) is 0 Å². The van der Waals surface area contributed by atoms with Crippen molar-refractivity contribution in [1.29, 1.82) is 0 Å². The molecule has 136 valence electrons. The lowest BCUT2D eigenvalue weighted by Gasteiger charge is -2.14. The molecular weight excluding hydrogens is 362 g/mol. The van der Waals surface area contributed by atoms with Gasteiger partial charge in [0.05, 0.1) is 14.2 Å². The zero-order valence-corrected chi connectivity index (χ0v) is 14.8. The summed E-state index contributed by atoms with van der Waals surface area (Å²) in [7, 11) is 2.72. The highest BCUT2D eigenvalue weighted by molar-refractivity contribution is 6.30. The highest BCUT2D eigenvalue weighted by Crippen LogP contribution is 2.33. The SMILES string of the molecule is COc1ccc(C=O)c(C(=O)OCC(=O)Nc2cccc(Cl)c2)c1OC. The molecule has 0 spiro atoms. The molecule has 2 aromatic carbocycles. The molecule has 0 saturated carbocycles. The number of carbonyl (C=O) groups is 3. The Labute approximate surface area is 154 Å². The number of ether oxygens (including phenoxy) is 3. The van der Waals surface area contributed by atoms with Gasteiger partial charge in [-0.05, 0) is 30.3 Å². The molecule has 2 rings (SSSR count). The van der Waals surface area contributed by atoms with E-state index in [0.717, 1.165) is 0 Å². The van der Waals surface area contributed by atoms with Crippen molar-refractivity contribution in [2.75, 3.05) is 26.1 Å². The van der Waals surface area contributed by atoms with Crippen LogP contribution in [-0.2, 0) is 9.53 Å². The van der Waals surface area contributed by atoms with Crippen molar-refractivity contribution in [2.45, 2.75) is 0 Å². The number of esters is 1. The fourth-order valence-corrected chi connectivity index (χ4v) is 2.41. The lowest BCUT2D eigenvalue weighted by Crippen LogP contribution is -2.21. The van der Waals surface area contributed by atoms with Gasteiger partial charge < -0.3 is 19.5 Å². The van der Waals surface area contributed by atoms with Crippen LogP contribution in [0.25, 0.3) is 0 Å². The lowest BCUT2D eigenvalue weighted by molar-refractivity contribution is -0.119. The summed E-state index contributed by atoms with van der Waals surface area (Å²) < 4.78 is 15.2. The molecule has 0 atom stereocenters. The van der Waals surface area contributed by atoms with Crippen LogP contribution in [0.3, 0.4) is 0 Å². The van der Waals surface area contributed by atoms with Crippen LogP contribution in [0.15, 0.2) is 36.4 Å². The summed E-state index contributed by atoms with van der Waals surface area (Å²) in [5.41, 5.74) is 0.409. The third-order valence-electron chi connectivity index (χ3n) is 3.35. The van der Waals surface area contributed by atoms with E-state index in [1.165, 1.54) is 26.4 Å². The maximum absolute atomic E-state index is 12.4. The summed E-state index contributed by atoms with van der Waals surface area (Å²) in [5, 5.41) is 3.00. The van der Waals surface area contributed by atoms with Crippen molar-refractivity contribution in [3.05, 3.63) is 52.5 Å². The van der Waals surface area contributed by atoms with Crippen LogP contribution in [0, 0.1) is 0 Å². The number of halogens is 1. The van der Waals surface area contributed by atoms with Gasteiger partial charge in [0.1, 0.15) is 5.56 Å². The number of hydrogen-bond acceptors (Lipinski definition) is 6. The van der Waals surface area contributed by atoms with Gasteiger partial charge in [0.25, 0.3) is 5.91 Å². The highest BCUT2D eigenvalue weighted by atomic mass is 35.5. The average Bonchev–Trinajstić information content (AvgIpc) is 2.64. The summed E-state index contributed by atoms with van der Waals surface area (Å²) in [6.45, 7) is -0.552. The minimum Gasteiger partial charge on any atom is -0.493 e. The maximum Gasteiger partial charge on any atom is 0.343 e. The third-order valence-corrected chi connectivity index (χ3v) is 3.59. The predicted octanol–water partition coefficient (Wildman–Crippen LogP) is 2.97. The zero-order chi connectivity index (χ0) is 19.1. The van der Waals surface area contributed by atoms with Crippen LogP contribution in [0.5, 0.6) is 11.5 Å². The fraction of sp³-hybridized carbons (Fsp3) is 0.167. The molecule has 8 heteroatoms. The second kappa shape index (κ2) is 8.87. The molecule has 1 amide bonds. The topological polar surface area (TPSA) is 90.9 Å². The Morgan fingerprint density at radius 2 is 1.92 bits per heavy atom. The Morgan fingerprint density at radius 3 is 2.54 bits per heavy atom. The van der Waals surface area contributed by atoms with Gasteiger partial charge in [0.2, 0.25) is 0 Å². The van der Waals surface area contributed by atoms with Gasteiger partial charge in [-0.15, -0.1) is 0 Å². The van der Waals surface area contributed by atoms with E-state index >= 15 is 0 Å². The van der Waals surface area contributed by atoms with Crippen LogP contribution in [0.1, 0.15) is 20.7 Å². The van der Waals surface area contributed by atoms with E-state index in [1.54, 1.807) is 24.3 Å². The number of carbonyl (C=O) groups excluding carboxylic acids is 3. The monoisotopic (exact) mass is 377 g/mol. The number of anilines is 1. The molecule has 0 aliphatic heterocycles. The number of aldehydes is 1. The van der Waals surface area contributed by atoms with Crippen LogP contribution < -0.4 is 14.8 Å². The highest BCUT2D eigenvalue weighted by Gasteiger charge is 2.23. The summed E-state index contributed by atoms with van der Waals surface area (Å²) >= 11 is 5.84. The smallest absolute Gasteiger partial charge is 0.343 e. The van der Waals surface area contributed by atoms with Crippen molar-refractivity contribution < 1.29 is 28.6 Å². The Bertz CT molecular complexity index is 836. The van der Waals surface area contributed by atoms with Gasteiger partial charge >= 0.3 is 5.97 Å².